The van der Waals surface area contributed by atoms with Gasteiger partial charge in [0, 0.05) is 34.2 Å². The molecule has 0 bridgehead atoms. The van der Waals surface area contributed by atoms with Crippen LogP contribution in [0.4, 0.5) is 0 Å². The Bertz CT molecular complexity index is 896. The molecular formula is C22H28N2O9S. The molecule has 186 valence electrons. The maximum atomic E-state index is 11.8. The molecule has 0 amide bonds. The minimum absolute atomic E-state index is 0.157. The second-order valence-electron chi connectivity index (χ2n) is 7.43. The molecule has 0 spiro atoms. The summed E-state index contributed by atoms with van der Waals surface area (Å²) < 4.78 is 27.1. The van der Waals surface area contributed by atoms with E-state index in [0.717, 1.165) is 19.4 Å². The lowest BCUT2D eigenvalue weighted by molar-refractivity contribution is -0.254. The van der Waals surface area contributed by atoms with Crippen LogP contribution in [0.3, 0.4) is 0 Å². The highest BCUT2D eigenvalue weighted by Crippen LogP contribution is 2.28. The van der Waals surface area contributed by atoms with Crippen LogP contribution in [0, 0.1) is 0 Å². The fourth-order valence-corrected chi connectivity index (χ4v) is 3.49. The third-order valence-electron chi connectivity index (χ3n) is 4.56. The number of nitrogens with one attached hydrogen (secondary N) is 2. The molecule has 1 aromatic rings. The summed E-state index contributed by atoms with van der Waals surface area (Å²) in [5.41, 5.74) is 0.966. The van der Waals surface area contributed by atoms with Gasteiger partial charge in [-0.3, -0.25) is 19.2 Å². The topological polar surface area (TPSA) is 138 Å². The van der Waals surface area contributed by atoms with E-state index in [-0.39, 0.29) is 11.7 Å². The van der Waals surface area contributed by atoms with Crippen molar-refractivity contribution in [2.24, 2.45) is 0 Å². The SMILES string of the molecule is CC(=O)OC[C@@H]1O[C@H](NC(=S)NCc2ccccc2)[C@H](OC(C)=O)[C@@H](OC(C)=O)[C@H]1OC(C)=O. The molecule has 0 aliphatic carbocycles. The Morgan fingerprint density at radius 2 is 1.41 bits per heavy atom. The normalized spacial score (nSPS) is 23.7. The van der Waals surface area contributed by atoms with E-state index in [1.807, 2.05) is 30.3 Å². The third-order valence-corrected chi connectivity index (χ3v) is 4.82. The first kappa shape index (κ1) is 27.0. The van der Waals surface area contributed by atoms with Crippen molar-refractivity contribution in [3.63, 3.8) is 0 Å². The number of ether oxygens (including phenoxy) is 5. The molecule has 1 aliphatic rings. The molecule has 1 aromatic carbocycles. The van der Waals surface area contributed by atoms with Gasteiger partial charge in [-0.05, 0) is 17.8 Å². The van der Waals surface area contributed by atoms with E-state index in [1.54, 1.807) is 0 Å². The third kappa shape index (κ3) is 8.60. The fraction of sp³-hybridized carbons (Fsp3) is 0.500. The maximum absolute atomic E-state index is 11.8. The van der Waals surface area contributed by atoms with Crippen molar-refractivity contribution in [3.8, 4) is 0 Å². The van der Waals surface area contributed by atoms with E-state index in [9.17, 15) is 19.2 Å². The molecule has 1 saturated heterocycles. The van der Waals surface area contributed by atoms with Gasteiger partial charge in [-0.15, -0.1) is 0 Å². The number of esters is 4. The molecule has 5 atom stereocenters. The predicted octanol–water partition coefficient (Wildman–Crippen LogP) is 0.734. The van der Waals surface area contributed by atoms with Gasteiger partial charge in [-0.1, -0.05) is 30.3 Å². The largest absolute Gasteiger partial charge is 0.463 e. The van der Waals surface area contributed by atoms with E-state index in [0.29, 0.717) is 6.54 Å². The van der Waals surface area contributed by atoms with Crippen LogP contribution in [0.1, 0.15) is 33.3 Å². The second kappa shape index (κ2) is 12.8. The zero-order valence-corrected chi connectivity index (χ0v) is 20.1. The summed E-state index contributed by atoms with van der Waals surface area (Å²) in [7, 11) is 0. The van der Waals surface area contributed by atoms with Gasteiger partial charge in [0.15, 0.2) is 29.7 Å². The van der Waals surface area contributed by atoms with E-state index in [1.165, 1.54) is 13.8 Å². The number of rotatable bonds is 8. The van der Waals surface area contributed by atoms with Crippen LogP contribution >= 0.6 is 12.2 Å². The van der Waals surface area contributed by atoms with E-state index in [4.69, 9.17) is 35.9 Å². The summed E-state index contributed by atoms with van der Waals surface area (Å²) in [6.45, 7) is 4.76. The monoisotopic (exact) mass is 496 g/mol. The predicted molar refractivity (Wildman–Crippen MR) is 121 cm³/mol. The molecule has 1 heterocycles. The quantitative estimate of drug-likeness (QED) is 0.298. The van der Waals surface area contributed by atoms with Gasteiger partial charge in [-0.25, -0.2) is 0 Å². The Kier molecular flexibility index (Phi) is 10.2. The minimum Gasteiger partial charge on any atom is -0.463 e. The molecule has 2 N–H and O–H groups in total. The Labute approximate surface area is 202 Å². The van der Waals surface area contributed by atoms with E-state index >= 15 is 0 Å². The molecule has 1 aliphatic heterocycles. The Balaban J connectivity index is 2.29. The Morgan fingerprint density at radius 1 is 0.853 bits per heavy atom. The van der Waals surface area contributed by atoms with Crippen molar-refractivity contribution in [2.45, 2.75) is 64.9 Å². The standard InChI is InChI=1S/C22H28N2O9S/c1-12(25)29-11-17-18(30-13(2)26)19(31-14(3)27)20(32-15(4)28)21(33-17)24-22(34)23-10-16-8-6-5-7-9-16/h5-9,17-21H,10-11H2,1-4H3,(H2,23,24,34)/t17-,18-,19-,20+,21-/m0/s1. The van der Waals surface area contributed by atoms with Crippen molar-refractivity contribution in [1.82, 2.24) is 10.6 Å². The second-order valence-corrected chi connectivity index (χ2v) is 7.84. The van der Waals surface area contributed by atoms with Gasteiger partial charge in [0.25, 0.3) is 0 Å². The zero-order valence-electron chi connectivity index (χ0n) is 19.3. The summed E-state index contributed by atoms with van der Waals surface area (Å²) in [6.07, 6.45) is -5.92. The first-order chi connectivity index (χ1) is 16.1. The van der Waals surface area contributed by atoms with Crippen LogP contribution in [-0.4, -0.2) is 66.2 Å². The number of hydrogen-bond acceptors (Lipinski definition) is 10. The number of benzene rings is 1. The average molecular weight is 497 g/mol. The van der Waals surface area contributed by atoms with Crippen LogP contribution in [0.5, 0.6) is 0 Å². The Hall–Kier alpha value is -3.25. The summed E-state index contributed by atoms with van der Waals surface area (Å²) in [6, 6.07) is 9.46. The molecule has 0 unspecified atom stereocenters. The molecule has 0 aromatic heterocycles. The summed E-state index contributed by atoms with van der Waals surface area (Å²) >= 11 is 5.35. The highest BCUT2D eigenvalue weighted by molar-refractivity contribution is 7.80. The molecule has 2 rings (SSSR count). The van der Waals surface area contributed by atoms with Crippen LogP contribution in [0.15, 0.2) is 30.3 Å². The highest BCUT2D eigenvalue weighted by atomic mass is 32.1. The van der Waals surface area contributed by atoms with Crippen molar-refractivity contribution in [2.75, 3.05) is 6.61 Å². The fourth-order valence-electron chi connectivity index (χ4n) is 3.30. The van der Waals surface area contributed by atoms with Crippen molar-refractivity contribution in [1.29, 1.82) is 0 Å². The zero-order chi connectivity index (χ0) is 25.3. The average Bonchev–Trinajstić information content (AvgIpc) is 2.75. The van der Waals surface area contributed by atoms with Crippen LogP contribution in [0.25, 0.3) is 0 Å². The molecule has 0 saturated carbocycles. The van der Waals surface area contributed by atoms with Gasteiger partial charge < -0.3 is 34.3 Å². The maximum Gasteiger partial charge on any atom is 0.303 e. The number of hydrogen-bond donors (Lipinski definition) is 2. The lowest BCUT2D eigenvalue weighted by Crippen LogP contribution is -2.66. The van der Waals surface area contributed by atoms with Gasteiger partial charge in [0.05, 0.1) is 0 Å². The minimum atomic E-state index is -1.27. The van der Waals surface area contributed by atoms with Crippen LogP contribution < -0.4 is 10.6 Å². The summed E-state index contributed by atoms with van der Waals surface area (Å²) in [5.74, 6) is -2.70. The number of carbonyl (C=O) groups is 4. The first-order valence-corrected chi connectivity index (χ1v) is 10.9. The molecular weight excluding hydrogens is 468 g/mol. The van der Waals surface area contributed by atoms with E-state index < -0.39 is 54.5 Å². The van der Waals surface area contributed by atoms with Crippen molar-refractivity contribution in [3.05, 3.63) is 35.9 Å². The molecule has 0 radical (unpaired) electrons. The molecule has 12 heteroatoms. The number of thiocarbonyl (C=S) groups is 1. The smallest absolute Gasteiger partial charge is 0.303 e. The van der Waals surface area contributed by atoms with Gasteiger partial charge in [-0.2, -0.15) is 0 Å². The van der Waals surface area contributed by atoms with Gasteiger partial charge >= 0.3 is 23.9 Å². The number of carbonyl (C=O) groups excluding carboxylic acids is 4. The Morgan fingerprint density at radius 3 is 1.97 bits per heavy atom. The van der Waals surface area contributed by atoms with E-state index in [2.05, 4.69) is 10.6 Å². The molecule has 1 fully saturated rings. The molecule has 11 nitrogen and oxygen atoms in total. The van der Waals surface area contributed by atoms with Gasteiger partial charge in [0.2, 0.25) is 0 Å². The van der Waals surface area contributed by atoms with Gasteiger partial charge in [0.1, 0.15) is 12.7 Å². The van der Waals surface area contributed by atoms with Crippen molar-refractivity contribution < 1.29 is 42.9 Å². The molecule has 34 heavy (non-hydrogen) atoms. The highest BCUT2D eigenvalue weighted by Gasteiger charge is 2.52. The summed E-state index contributed by atoms with van der Waals surface area (Å²) in [4.78, 5) is 46.8. The lowest BCUT2D eigenvalue weighted by atomic mass is 9.97. The van der Waals surface area contributed by atoms with Crippen LogP contribution in [0.2, 0.25) is 0 Å². The lowest BCUT2D eigenvalue weighted by Gasteiger charge is -2.44. The first-order valence-electron chi connectivity index (χ1n) is 10.5. The van der Waals surface area contributed by atoms with Crippen LogP contribution in [-0.2, 0) is 49.4 Å². The summed E-state index contributed by atoms with van der Waals surface area (Å²) in [5, 5.41) is 6.05. The van der Waals surface area contributed by atoms with Crippen molar-refractivity contribution >= 4 is 41.2 Å².